The SMILES string of the molecule is COc1cccc(CNC(=O)c2c(-c3ccc(F)cc3)c(-c3ccc(F)cc3)c(CCCCCCC=O)n2C(C)C)c1.C[O-].[Na+]. The Morgan fingerprint density at radius 1 is 0.889 bits per heavy atom. The van der Waals surface area contributed by atoms with E-state index in [0.29, 0.717) is 42.0 Å². The van der Waals surface area contributed by atoms with Gasteiger partial charge in [0.15, 0.2) is 0 Å². The fraction of sp³-hybridized carbons (Fsp3) is 0.333. The molecular weight excluding hydrogens is 585 g/mol. The molecule has 0 spiro atoms. The van der Waals surface area contributed by atoms with Gasteiger partial charge in [0, 0.05) is 35.8 Å². The standard InChI is InChI=1S/C35H38F2N2O3.CH3O.Na/c1-24(2)39-31(12-7-5-4-6-8-21-40)32(26-13-17-28(36)18-14-26)33(27-15-19-29(37)20-16-27)34(39)35(41)38-23-25-10-9-11-30(22-25)42-3;1-2;/h9-11,13-22,24H,4-8,12,23H2,1-3H3,(H,38,41);1H3;/q;-1;+1. The number of benzene rings is 3. The molecule has 4 rings (SSSR count). The number of ether oxygens (including phenoxy) is 1. The number of carbonyl (C=O) groups is 2. The Morgan fingerprint density at radius 2 is 1.47 bits per heavy atom. The molecule has 9 heteroatoms. The van der Waals surface area contributed by atoms with Crippen molar-refractivity contribution in [1.29, 1.82) is 0 Å². The van der Waals surface area contributed by atoms with Crippen molar-refractivity contribution in [2.45, 2.75) is 65.0 Å². The summed E-state index contributed by atoms with van der Waals surface area (Å²) < 4.78 is 35.5. The third-order valence-electron chi connectivity index (χ3n) is 7.38. The first kappa shape index (κ1) is 37.9. The van der Waals surface area contributed by atoms with Gasteiger partial charge in [-0.3, -0.25) is 4.79 Å². The second kappa shape index (κ2) is 19.3. The van der Waals surface area contributed by atoms with E-state index in [0.717, 1.165) is 61.5 Å². The second-order valence-corrected chi connectivity index (χ2v) is 10.7. The van der Waals surface area contributed by atoms with Crippen LogP contribution in [0.25, 0.3) is 22.3 Å². The minimum atomic E-state index is -0.370. The fourth-order valence-electron chi connectivity index (χ4n) is 5.42. The van der Waals surface area contributed by atoms with E-state index in [2.05, 4.69) is 9.88 Å². The minimum absolute atomic E-state index is 0. The number of rotatable bonds is 14. The van der Waals surface area contributed by atoms with Gasteiger partial charge in [-0.05, 0) is 86.2 Å². The van der Waals surface area contributed by atoms with E-state index in [1.165, 1.54) is 24.3 Å². The van der Waals surface area contributed by atoms with Crippen molar-refractivity contribution in [2.75, 3.05) is 14.2 Å². The molecule has 0 fully saturated rings. The van der Waals surface area contributed by atoms with Crippen LogP contribution in [0.15, 0.2) is 72.8 Å². The summed E-state index contributed by atoms with van der Waals surface area (Å²) in [6.45, 7) is 4.37. The number of nitrogens with zero attached hydrogens (tertiary/aromatic N) is 1. The van der Waals surface area contributed by atoms with Crippen LogP contribution in [0.1, 0.15) is 73.7 Å². The van der Waals surface area contributed by atoms with Crippen molar-refractivity contribution >= 4 is 12.2 Å². The predicted molar refractivity (Wildman–Crippen MR) is 169 cm³/mol. The van der Waals surface area contributed by atoms with Gasteiger partial charge in [0.2, 0.25) is 0 Å². The van der Waals surface area contributed by atoms with Gasteiger partial charge in [0.05, 0.1) is 7.11 Å². The molecule has 0 bridgehead atoms. The molecule has 6 nitrogen and oxygen atoms in total. The molecule has 0 atom stereocenters. The van der Waals surface area contributed by atoms with E-state index in [1.807, 2.05) is 38.1 Å². The van der Waals surface area contributed by atoms with Crippen molar-refractivity contribution in [3.05, 3.63) is 101 Å². The zero-order chi connectivity index (χ0) is 32.1. The van der Waals surface area contributed by atoms with Crippen molar-refractivity contribution < 1.29 is 57.8 Å². The number of hydrogen-bond acceptors (Lipinski definition) is 4. The van der Waals surface area contributed by atoms with Crippen LogP contribution in [0.2, 0.25) is 0 Å². The van der Waals surface area contributed by atoms with Crippen LogP contribution in [0.3, 0.4) is 0 Å². The number of methoxy groups -OCH3 is 1. The van der Waals surface area contributed by atoms with E-state index in [-0.39, 0.29) is 53.1 Å². The van der Waals surface area contributed by atoms with Crippen LogP contribution in [0, 0.1) is 11.6 Å². The summed E-state index contributed by atoms with van der Waals surface area (Å²) in [7, 11) is 2.35. The molecule has 1 N–H and O–H groups in total. The minimum Gasteiger partial charge on any atom is -0.857 e. The number of nitrogens with one attached hydrogen (secondary N) is 1. The normalized spacial score (nSPS) is 10.5. The molecule has 45 heavy (non-hydrogen) atoms. The van der Waals surface area contributed by atoms with Gasteiger partial charge in [0.1, 0.15) is 29.4 Å². The molecule has 0 aliphatic rings. The van der Waals surface area contributed by atoms with Gasteiger partial charge >= 0.3 is 29.6 Å². The Balaban J connectivity index is 0.00000230. The molecular formula is C36H41F2N2NaO4. The average molecular weight is 627 g/mol. The summed E-state index contributed by atoms with van der Waals surface area (Å²) in [5.41, 5.74) is 5.36. The van der Waals surface area contributed by atoms with Crippen molar-refractivity contribution in [3.63, 3.8) is 0 Å². The Kier molecular flexibility index (Phi) is 16.2. The monoisotopic (exact) mass is 626 g/mol. The van der Waals surface area contributed by atoms with Crippen molar-refractivity contribution in [1.82, 2.24) is 9.88 Å². The third kappa shape index (κ3) is 10.1. The first-order valence-electron chi connectivity index (χ1n) is 14.9. The number of aldehydes is 1. The largest absolute Gasteiger partial charge is 1.00 e. The Hall–Kier alpha value is -3.30. The molecule has 1 aromatic heterocycles. The van der Waals surface area contributed by atoms with Crippen LogP contribution in [-0.4, -0.2) is 31.0 Å². The summed E-state index contributed by atoms with van der Waals surface area (Å²) in [6.07, 6.45) is 5.76. The van der Waals surface area contributed by atoms with Gasteiger partial charge < -0.3 is 24.5 Å². The summed E-state index contributed by atoms with van der Waals surface area (Å²) in [5, 5.41) is 11.3. The topological polar surface area (TPSA) is 83.4 Å². The van der Waals surface area contributed by atoms with E-state index < -0.39 is 0 Å². The summed E-state index contributed by atoms with van der Waals surface area (Å²) >= 11 is 0. The van der Waals surface area contributed by atoms with Gasteiger partial charge in [-0.2, -0.15) is 7.11 Å². The first-order chi connectivity index (χ1) is 21.3. The zero-order valence-corrected chi connectivity index (χ0v) is 28.9. The quantitative estimate of drug-likeness (QED) is 0.129. The second-order valence-electron chi connectivity index (χ2n) is 10.7. The van der Waals surface area contributed by atoms with Gasteiger partial charge in [0.25, 0.3) is 5.91 Å². The van der Waals surface area contributed by atoms with E-state index in [4.69, 9.17) is 9.84 Å². The van der Waals surface area contributed by atoms with E-state index in [1.54, 1.807) is 31.4 Å². The number of halogens is 2. The van der Waals surface area contributed by atoms with Crippen molar-refractivity contribution in [2.24, 2.45) is 0 Å². The molecule has 0 aliphatic carbocycles. The zero-order valence-electron chi connectivity index (χ0n) is 26.9. The molecule has 1 amide bonds. The molecule has 0 unspecified atom stereocenters. The first-order valence-corrected chi connectivity index (χ1v) is 14.9. The number of unbranched alkanes of at least 4 members (excludes halogenated alkanes) is 4. The Labute approximate surface area is 287 Å². The van der Waals surface area contributed by atoms with Crippen LogP contribution in [0.5, 0.6) is 5.75 Å². The maximum Gasteiger partial charge on any atom is 1.00 e. The van der Waals surface area contributed by atoms with Crippen LogP contribution in [0.4, 0.5) is 8.78 Å². The number of amides is 1. The summed E-state index contributed by atoms with van der Waals surface area (Å²) in [6, 6.07) is 19.9. The molecule has 3 aromatic carbocycles. The predicted octanol–water partition coefficient (Wildman–Crippen LogP) is 4.29. The Morgan fingerprint density at radius 3 is 2.02 bits per heavy atom. The molecule has 1 heterocycles. The Bertz CT molecular complexity index is 1500. The van der Waals surface area contributed by atoms with Crippen LogP contribution < -0.4 is 44.7 Å². The molecule has 4 aromatic rings. The maximum atomic E-state index is 14.1. The van der Waals surface area contributed by atoms with Crippen molar-refractivity contribution in [3.8, 4) is 28.0 Å². The molecule has 0 saturated carbocycles. The number of aromatic nitrogens is 1. The summed E-state index contributed by atoms with van der Waals surface area (Å²) in [4.78, 5) is 24.9. The van der Waals surface area contributed by atoms with Gasteiger partial charge in [-0.1, -0.05) is 49.2 Å². The van der Waals surface area contributed by atoms with E-state index >= 15 is 0 Å². The molecule has 0 saturated heterocycles. The molecule has 0 aliphatic heterocycles. The van der Waals surface area contributed by atoms with Gasteiger partial charge in [-0.25, -0.2) is 8.78 Å². The summed E-state index contributed by atoms with van der Waals surface area (Å²) in [5.74, 6) is -0.275. The average Bonchev–Trinajstić information content (AvgIpc) is 3.38. The number of carbonyl (C=O) groups excluding carboxylic acids is 2. The molecule has 234 valence electrons. The van der Waals surface area contributed by atoms with Crippen LogP contribution in [-0.2, 0) is 17.8 Å². The number of hydrogen-bond donors (Lipinski definition) is 1. The smallest absolute Gasteiger partial charge is 0.857 e. The van der Waals surface area contributed by atoms with Crippen LogP contribution >= 0.6 is 0 Å². The van der Waals surface area contributed by atoms with E-state index in [9.17, 15) is 18.4 Å². The maximum absolute atomic E-state index is 14.1. The fourth-order valence-corrected chi connectivity index (χ4v) is 5.42. The third-order valence-corrected chi connectivity index (χ3v) is 7.38. The molecule has 0 radical (unpaired) electrons. The van der Waals surface area contributed by atoms with Gasteiger partial charge in [-0.15, -0.1) is 0 Å².